The van der Waals surface area contributed by atoms with Gasteiger partial charge in [0, 0.05) is 13.7 Å². The van der Waals surface area contributed by atoms with Crippen LogP contribution < -0.4 is 0 Å². The number of hydrogen-bond donors (Lipinski definition) is 1. The van der Waals surface area contributed by atoms with Gasteiger partial charge in [0.2, 0.25) is 0 Å². The molecule has 0 amide bonds. The van der Waals surface area contributed by atoms with Gasteiger partial charge in [-0.2, -0.15) is 0 Å². The number of ether oxygens (including phenoxy) is 1. The van der Waals surface area contributed by atoms with Gasteiger partial charge < -0.3 is 9.84 Å². The molecule has 0 saturated heterocycles. The summed E-state index contributed by atoms with van der Waals surface area (Å²) in [6, 6.07) is 0. The highest BCUT2D eigenvalue weighted by Gasteiger charge is 2.44. The molecule has 0 spiro atoms. The molecule has 1 saturated carbocycles. The van der Waals surface area contributed by atoms with Gasteiger partial charge in [-0.1, -0.05) is 20.8 Å². The fraction of sp³-hybridized carbons (Fsp3) is 1.00. The molecule has 2 nitrogen and oxygen atoms in total. The fourth-order valence-electron chi connectivity index (χ4n) is 2.54. The van der Waals surface area contributed by atoms with Crippen LogP contribution in [-0.4, -0.2) is 24.4 Å². The van der Waals surface area contributed by atoms with Crippen LogP contribution in [0, 0.1) is 11.3 Å². The summed E-state index contributed by atoms with van der Waals surface area (Å²) in [5.41, 5.74) is -0.127. The molecule has 2 unspecified atom stereocenters. The van der Waals surface area contributed by atoms with E-state index in [0.29, 0.717) is 11.3 Å². The third-order valence-electron chi connectivity index (χ3n) is 3.69. The largest absolute Gasteiger partial charge is 0.390 e. The summed E-state index contributed by atoms with van der Waals surface area (Å²) in [7, 11) is 1.72. The molecule has 1 fully saturated rings. The van der Waals surface area contributed by atoms with Crippen molar-refractivity contribution in [2.24, 2.45) is 11.3 Å². The zero-order valence-electron chi connectivity index (χ0n) is 9.97. The molecule has 2 heteroatoms. The Morgan fingerprint density at radius 2 is 2.00 bits per heavy atom. The molecular formula is C12H24O2. The summed E-state index contributed by atoms with van der Waals surface area (Å²) in [6.07, 6.45) is 3.99. The van der Waals surface area contributed by atoms with Crippen LogP contribution >= 0.6 is 0 Å². The van der Waals surface area contributed by atoms with Crippen LogP contribution in [0.1, 0.15) is 46.5 Å². The molecule has 84 valence electrons. The molecule has 0 aromatic carbocycles. The van der Waals surface area contributed by atoms with E-state index in [1.807, 2.05) is 0 Å². The Morgan fingerprint density at radius 3 is 2.43 bits per heavy atom. The third-order valence-corrected chi connectivity index (χ3v) is 3.69. The van der Waals surface area contributed by atoms with Gasteiger partial charge in [0.15, 0.2) is 0 Å². The molecule has 1 N–H and O–H groups in total. The normalized spacial score (nSPS) is 33.2. The van der Waals surface area contributed by atoms with E-state index in [2.05, 4.69) is 20.8 Å². The Kier molecular flexibility index (Phi) is 3.59. The molecule has 0 heterocycles. The highest BCUT2D eigenvalue weighted by molar-refractivity contribution is 4.96. The Balaban J connectivity index is 2.50. The first-order chi connectivity index (χ1) is 6.40. The average molecular weight is 200 g/mol. The lowest BCUT2D eigenvalue weighted by Gasteiger charge is -2.31. The third kappa shape index (κ3) is 2.71. The Hall–Kier alpha value is -0.0800. The monoisotopic (exact) mass is 200 g/mol. The predicted octanol–water partition coefficient (Wildman–Crippen LogP) is 2.60. The first kappa shape index (κ1) is 12.0. The molecule has 2 atom stereocenters. The van der Waals surface area contributed by atoms with Crippen molar-refractivity contribution in [3.05, 3.63) is 0 Å². The summed E-state index contributed by atoms with van der Waals surface area (Å²) in [4.78, 5) is 0. The van der Waals surface area contributed by atoms with Crippen molar-refractivity contribution in [2.75, 3.05) is 13.7 Å². The van der Waals surface area contributed by atoms with Crippen LogP contribution in [0.2, 0.25) is 0 Å². The van der Waals surface area contributed by atoms with E-state index in [1.165, 1.54) is 0 Å². The summed E-state index contributed by atoms with van der Waals surface area (Å²) < 4.78 is 5.06. The molecule has 0 aromatic rings. The van der Waals surface area contributed by atoms with Crippen LogP contribution in [0.15, 0.2) is 0 Å². The molecule has 0 aliphatic heterocycles. The van der Waals surface area contributed by atoms with Gasteiger partial charge >= 0.3 is 0 Å². The number of hydrogen-bond acceptors (Lipinski definition) is 2. The lowest BCUT2D eigenvalue weighted by atomic mass is 9.81. The summed E-state index contributed by atoms with van der Waals surface area (Å²) in [5.74, 6) is 0.351. The van der Waals surface area contributed by atoms with Gasteiger partial charge in [0.1, 0.15) is 0 Å². The number of aliphatic hydroxyl groups is 1. The quantitative estimate of drug-likeness (QED) is 0.756. The molecule has 1 aliphatic carbocycles. The van der Waals surface area contributed by atoms with Crippen LogP contribution in [0.25, 0.3) is 0 Å². The lowest BCUT2D eigenvalue weighted by molar-refractivity contribution is -0.0239. The topological polar surface area (TPSA) is 29.5 Å². The molecule has 0 aromatic heterocycles. The van der Waals surface area contributed by atoms with E-state index in [9.17, 15) is 5.11 Å². The summed E-state index contributed by atoms with van der Waals surface area (Å²) in [6.45, 7) is 7.38. The first-order valence-electron chi connectivity index (χ1n) is 5.61. The molecule has 1 aliphatic rings. The second-order valence-corrected chi connectivity index (χ2v) is 5.63. The van der Waals surface area contributed by atoms with Gasteiger partial charge in [-0.05, 0) is 37.0 Å². The van der Waals surface area contributed by atoms with Gasteiger partial charge in [-0.3, -0.25) is 0 Å². The molecule has 0 bridgehead atoms. The van der Waals surface area contributed by atoms with Crippen LogP contribution in [0.3, 0.4) is 0 Å². The Bertz CT molecular complexity index is 189. The maximum atomic E-state index is 10.5. The number of methoxy groups -OCH3 is 1. The molecular weight excluding hydrogens is 176 g/mol. The predicted molar refractivity (Wildman–Crippen MR) is 58.2 cm³/mol. The molecule has 1 rings (SSSR count). The second-order valence-electron chi connectivity index (χ2n) is 5.63. The van der Waals surface area contributed by atoms with Crippen LogP contribution in [-0.2, 0) is 4.74 Å². The van der Waals surface area contributed by atoms with Gasteiger partial charge in [-0.15, -0.1) is 0 Å². The van der Waals surface area contributed by atoms with Crippen molar-refractivity contribution in [2.45, 2.75) is 52.1 Å². The van der Waals surface area contributed by atoms with Gasteiger partial charge in [0.25, 0.3) is 0 Å². The minimum absolute atomic E-state index is 0.316. The average Bonchev–Trinajstić information content (AvgIpc) is 2.38. The smallest absolute Gasteiger partial charge is 0.0679 e. The van der Waals surface area contributed by atoms with E-state index in [4.69, 9.17) is 4.74 Å². The lowest BCUT2D eigenvalue weighted by Crippen LogP contribution is -2.35. The van der Waals surface area contributed by atoms with E-state index < -0.39 is 5.60 Å². The molecule has 0 radical (unpaired) electrons. The van der Waals surface area contributed by atoms with Crippen LogP contribution in [0.4, 0.5) is 0 Å². The Labute approximate surface area is 87.7 Å². The highest BCUT2D eigenvalue weighted by Crippen LogP contribution is 2.47. The standard InChI is InChI=1S/C12H24O2/c1-10(5-8-14-4)12(13)7-6-11(2,3)9-12/h10,13H,5-9H2,1-4H3. The van der Waals surface area contributed by atoms with E-state index in [0.717, 1.165) is 32.3 Å². The fourth-order valence-corrected chi connectivity index (χ4v) is 2.54. The van der Waals surface area contributed by atoms with Crippen molar-refractivity contribution < 1.29 is 9.84 Å². The molecule has 14 heavy (non-hydrogen) atoms. The van der Waals surface area contributed by atoms with Gasteiger partial charge in [0.05, 0.1) is 5.60 Å². The van der Waals surface area contributed by atoms with Crippen LogP contribution in [0.5, 0.6) is 0 Å². The van der Waals surface area contributed by atoms with Crippen molar-refractivity contribution >= 4 is 0 Å². The van der Waals surface area contributed by atoms with Crippen molar-refractivity contribution in [1.82, 2.24) is 0 Å². The zero-order valence-corrected chi connectivity index (χ0v) is 9.97. The maximum absolute atomic E-state index is 10.5. The second kappa shape index (κ2) is 4.19. The summed E-state index contributed by atoms with van der Waals surface area (Å²) >= 11 is 0. The minimum Gasteiger partial charge on any atom is -0.390 e. The van der Waals surface area contributed by atoms with Crippen molar-refractivity contribution in [3.8, 4) is 0 Å². The number of rotatable bonds is 4. The van der Waals surface area contributed by atoms with E-state index in [1.54, 1.807) is 7.11 Å². The van der Waals surface area contributed by atoms with E-state index in [-0.39, 0.29) is 0 Å². The summed E-state index contributed by atoms with van der Waals surface area (Å²) in [5, 5.41) is 10.5. The van der Waals surface area contributed by atoms with E-state index >= 15 is 0 Å². The Morgan fingerprint density at radius 1 is 1.36 bits per heavy atom. The minimum atomic E-state index is -0.442. The highest BCUT2D eigenvalue weighted by atomic mass is 16.5. The maximum Gasteiger partial charge on any atom is 0.0679 e. The first-order valence-corrected chi connectivity index (χ1v) is 5.61. The van der Waals surface area contributed by atoms with Crippen molar-refractivity contribution in [3.63, 3.8) is 0 Å². The SMILES string of the molecule is COCCC(C)C1(O)CCC(C)(C)C1. The zero-order chi connectivity index (χ0) is 10.8. The van der Waals surface area contributed by atoms with Crippen molar-refractivity contribution in [1.29, 1.82) is 0 Å². The van der Waals surface area contributed by atoms with Gasteiger partial charge in [-0.25, -0.2) is 0 Å².